The molecule has 17 heavy (non-hydrogen) atoms. The average molecular weight is 248 g/mol. The van der Waals surface area contributed by atoms with E-state index < -0.39 is 5.91 Å². The first kappa shape index (κ1) is 11.5. The lowest BCUT2D eigenvalue weighted by atomic mass is 10.1. The fraction of sp³-hybridized carbons (Fsp3) is 0.0909. The van der Waals surface area contributed by atoms with Crippen LogP contribution in [0.5, 0.6) is 0 Å². The zero-order valence-corrected chi connectivity index (χ0v) is 9.83. The van der Waals surface area contributed by atoms with Gasteiger partial charge in [0.2, 0.25) is 5.91 Å². The number of hydrogen-bond donors (Lipinski definition) is 3. The number of primary amides is 1. The molecule has 2 rings (SSSR count). The summed E-state index contributed by atoms with van der Waals surface area (Å²) in [6.45, 7) is 0. The normalized spacial score (nSPS) is 10.4. The van der Waals surface area contributed by atoms with Gasteiger partial charge in [-0.1, -0.05) is 17.8 Å². The standard InChI is InChI=1S/C11H12N4OS/c12-9-5-7(10(13)16)1-2-8(9)6-17-11-14-3-4-15-11/h1-5H,6,12H2,(H2,13,16)(H,14,15). The summed E-state index contributed by atoms with van der Waals surface area (Å²) < 4.78 is 0. The summed E-state index contributed by atoms with van der Waals surface area (Å²) in [5.41, 5.74) is 13.0. The van der Waals surface area contributed by atoms with Crippen molar-refractivity contribution in [1.82, 2.24) is 9.97 Å². The molecule has 88 valence electrons. The van der Waals surface area contributed by atoms with Gasteiger partial charge in [-0.2, -0.15) is 0 Å². The fourth-order valence-corrected chi connectivity index (χ4v) is 2.20. The highest BCUT2D eigenvalue weighted by atomic mass is 32.2. The number of nitrogens with one attached hydrogen (secondary N) is 1. The number of nitrogens with two attached hydrogens (primary N) is 2. The number of carbonyl (C=O) groups excluding carboxylic acids is 1. The molecule has 1 aromatic heterocycles. The molecule has 1 heterocycles. The smallest absolute Gasteiger partial charge is 0.248 e. The molecule has 0 aliphatic rings. The van der Waals surface area contributed by atoms with Crippen LogP contribution in [0, 0.1) is 0 Å². The van der Waals surface area contributed by atoms with Gasteiger partial charge >= 0.3 is 0 Å². The highest BCUT2D eigenvalue weighted by molar-refractivity contribution is 7.98. The summed E-state index contributed by atoms with van der Waals surface area (Å²) in [5.74, 6) is 0.222. The second-order valence-electron chi connectivity index (χ2n) is 3.46. The van der Waals surface area contributed by atoms with E-state index in [1.54, 1.807) is 36.3 Å². The van der Waals surface area contributed by atoms with Crippen molar-refractivity contribution < 1.29 is 4.79 Å². The summed E-state index contributed by atoms with van der Waals surface area (Å²) in [7, 11) is 0. The molecule has 6 heteroatoms. The summed E-state index contributed by atoms with van der Waals surface area (Å²) in [6.07, 6.45) is 3.46. The van der Waals surface area contributed by atoms with Crippen molar-refractivity contribution in [1.29, 1.82) is 0 Å². The SMILES string of the molecule is NC(=O)c1ccc(CSc2ncc[nH]2)c(N)c1. The maximum atomic E-state index is 11.0. The van der Waals surface area contributed by atoms with Crippen LogP contribution < -0.4 is 11.5 Å². The molecule has 0 saturated carbocycles. The Morgan fingerprint density at radius 2 is 2.29 bits per heavy atom. The van der Waals surface area contributed by atoms with Crippen LogP contribution in [0.15, 0.2) is 35.7 Å². The van der Waals surface area contributed by atoms with Crippen LogP contribution in [-0.2, 0) is 5.75 Å². The van der Waals surface area contributed by atoms with E-state index in [9.17, 15) is 4.79 Å². The second-order valence-corrected chi connectivity index (χ2v) is 4.42. The van der Waals surface area contributed by atoms with Crippen molar-refractivity contribution in [3.63, 3.8) is 0 Å². The van der Waals surface area contributed by atoms with Crippen molar-refractivity contribution in [2.45, 2.75) is 10.9 Å². The second kappa shape index (κ2) is 4.92. The number of nitrogen functional groups attached to an aromatic ring is 1. The number of nitrogens with zero attached hydrogens (tertiary/aromatic N) is 1. The van der Waals surface area contributed by atoms with Gasteiger partial charge in [-0.25, -0.2) is 4.98 Å². The Hall–Kier alpha value is -1.95. The lowest BCUT2D eigenvalue weighted by Crippen LogP contribution is -2.11. The van der Waals surface area contributed by atoms with Gasteiger partial charge < -0.3 is 16.5 Å². The Morgan fingerprint density at radius 3 is 2.88 bits per heavy atom. The maximum absolute atomic E-state index is 11.0. The molecule has 1 aromatic carbocycles. The molecule has 0 atom stereocenters. The number of anilines is 1. The quantitative estimate of drug-likeness (QED) is 0.562. The van der Waals surface area contributed by atoms with E-state index in [4.69, 9.17) is 11.5 Å². The number of carbonyl (C=O) groups is 1. The van der Waals surface area contributed by atoms with Crippen molar-refractivity contribution in [3.8, 4) is 0 Å². The van der Waals surface area contributed by atoms with E-state index in [1.165, 1.54) is 0 Å². The minimum atomic E-state index is -0.470. The number of rotatable bonds is 4. The summed E-state index contributed by atoms with van der Waals surface area (Å²) in [6, 6.07) is 5.09. The fourth-order valence-electron chi connectivity index (χ4n) is 1.36. The predicted molar refractivity (Wildman–Crippen MR) is 67.5 cm³/mol. The van der Waals surface area contributed by atoms with Crippen molar-refractivity contribution >= 4 is 23.4 Å². The highest BCUT2D eigenvalue weighted by Gasteiger charge is 2.06. The average Bonchev–Trinajstić information content (AvgIpc) is 2.80. The molecule has 0 radical (unpaired) electrons. The van der Waals surface area contributed by atoms with E-state index in [-0.39, 0.29) is 0 Å². The molecular formula is C11H12N4OS. The number of imidazole rings is 1. The van der Waals surface area contributed by atoms with Crippen molar-refractivity contribution in [3.05, 3.63) is 41.7 Å². The number of H-pyrrole nitrogens is 1. The molecular weight excluding hydrogens is 236 g/mol. The molecule has 0 spiro atoms. The topological polar surface area (TPSA) is 97.8 Å². The third-order valence-electron chi connectivity index (χ3n) is 2.27. The highest BCUT2D eigenvalue weighted by Crippen LogP contribution is 2.23. The molecule has 0 unspecified atom stereocenters. The van der Waals surface area contributed by atoms with Gasteiger partial charge in [0.15, 0.2) is 5.16 Å². The summed E-state index contributed by atoms with van der Waals surface area (Å²) in [5, 5.41) is 0.836. The molecule has 5 nitrogen and oxygen atoms in total. The van der Waals surface area contributed by atoms with Crippen LogP contribution in [0.3, 0.4) is 0 Å². The zero-order valence-electron chi connectivity index (χ0n) is 9.01. The third kappa shape index (κ3) is 2.79. The van der Waals surface area contributed by atoms with Crippen LogP contribution in [0.4, 0.5) is 5.69 Å². The number of amides is 1. The Bertz CT molecular complexity index is 524. The third-order valence-corrected chi connectivity index (χ3v) is 3.22. The molecule has 5 N–H and O–H groups in total. The van der Waals surface area contributed by atoms with Gasteiger partial charge in [0.05, 0.1) is 0 Å². The van der Waals surface area contributed by atoms with Gasteiger partial charge in [0.1, 0.15) is 0 Å². The molecule has 0 saturated heterocycles. The van der Waals surface area contributed by atoms with Gasteiger partial charge in [-0.3, -0.25) is 4.79 Å². The van der Waals surface area contributed by atoms with Crippen molar-refractivity contribution in [2.24, 2.45) is 5.73 Å². The molecule has 0 bridgehead atoms. The van der Waals surface area contributed by atoms with E-state index in [1.807, 2.05) is 6.07 Å². The first-order chi connectivity index (χ1) is 8.16. The molecule has 1 amide bonds. The van der Waals surface area contributed by atoms with Crippen LogP contribution >= 0.6 is 11.8 Å². The first-order valence-corrected chi connectivity index (χ1v) is 5.96. The van der Waals surface area contributed by atoms with Crippen LogP contribution in [-0.4, -0.2) is 15.9 Å². The Labute approximate surface area is 103 Å². The minimum absolute atomic E-state index is 0.425. The van der Waals surface area contributed by atoms with E-state index in [0.717, 1.165) is 10.7 Å². The number of hydrogen-bond acceptors (Lipinski definition) is 4. The van der Waals surface area contributed by atoms with Gasteiger partial charge in [0, 0.05) is 29.4 Å². The maximum Gasteiger partial charge on any atom is 0.248 e. The Kier molecular flexibility index (Phi) is 3.34. The van der Waals surface area contributed by atoms with Crippen LogP contribution in [0.1, 0.15) is 15.9 Å². The molecule has 0 fully saturated rings. The number of aromatic nitrogens is 2. The predicted octanol–water partition coefficient (Wildman–Crippen LogP) is 1.38. The lowest BCUT2D eigenvalue weighted by molar-refractivity contribution is 0.100. The van der Waals surface area contributed by atoms with Crippen molar-refractivity contribution in [2.75, 3.05) is 5.73 Å². The first-order valence-electron chi connectivity index (χ1n) is 4.97. The van der Waals surface area contributed by atoms with E-state index in [0.29, 0.717) is 17.0 Å². The number of aromatic amines is 1. The number of benzene rings is 1. The van der Waals surface area contributed by atoms with E-state index in [2.05, 4.69) is 9.97 Å². The lowest BCUT2D eigenvalue weighted by Gasteiger charge is -2.05. The Balaban J connectivity index is 2.09. The summed E-state index contributed by atoms with van der Waals surface area (Å²) in [4.78, 5) is 18.0. The van der Waals surface area contributed by atoms with Crippen LogP contribution in [0.25, 0.3) is 0 Å². The van der Waals surface area contributed by atoms with E-state index >= 15 is 0 Å². The molecule has 2 aromatic rings. The zero-order chi connectivity index (χ0) is 12.3. The minimum Gasteiger partial charge on any atom is -0.398 e. The van der Waals surface area contributed by atoms with Gasteiger partial charge in [-0.05, 0) is 17.7 Å². The van der Waals surface area contributed by atoms with Gasteiger partial charge in [-0.15, -0.1) is 0 Å². The van der Waals surface area contributed by atoms with Crippen LogP contribution in [0.2, 0.25) is 0 Å². The molecule has 0 aliphatic heterocycles. The molecule has 0 aliphatic carbocycles. The largest absolute Gasteiger partial charge is 0.398 e. The van der Waals surface area contributed by atoms with Gasteiger partial charge in [0.25, 0.3) is 0 Å². The number of thioether (sulfide) groups is 1. The monoisotopic (exact) mass is 248 g/mol. The summed E-state index contributed by atoms with van der Waals surface area (Å²) >= 11 is 1.55. The Morgan fingerprint density at radius 1 is 1.47 bits per heavy atom.